The Morgan fingerprint density at radius 3 is 2.60 bits per heavy atom. The van der Waals surface area contributed by atoms with Gasteiger partial charge in [-0.3, -0.25) is 0 Å². The van der Waals surface area contributed by atoms with Gasteiger partial charge >= 0.3 is 6.18 Å². The van der Waals surface area contributed by atoms with Gasteiger partial charge in [0.25, 0.3) is 0 Å². The Hall–Kier alpha value is -1.01. The molecule has 1 aromatic rings. The van der Waals surface area contributed by atoms with Crippen molar-refractivity contribution in [3.05, 3.63) is 22.8 Å². The molecular formula is C13H16ClF3N2O. The number of pyridine rings is 1. The van der Waals surface area contributed by atoms with Crippen molar-refractivity contribution in [3.63, 3.8) is 0 Å². The van der Waals surface area contributed by atoms with E-state index in [0.29, 0.717) is 25.7 Å². The first-order valence-corrected chi connectivity index (χ1v) is 6.77. The topological polar surface area (TPSA) is 25.4 Å². The molecule has 0 N–H and O–H groups in total. The number of anilines is 1. The van der Waals surface area contributed by atoms with Gasteiger partial charge in [0.1, 0.15) is 11.0 Å². The third-order valence-electron chi connectivity index (χ3n) is 3.37. The number of aromatic nitrogens is 1. The molecule has 20 heavy (non-hydrogen) atoms. The van der Waals surface area contributed by atoms with Crippen molar-refractivity contribution >= 4 is 17.4 Å². The summed E-state index contributed by atoms with van der Waals surface area (Å²) in [6.45, 7) is 2.05. The third-order valence-corrected chi connectivity index (χ3v) is 3.57. The summed E-state index contributed by atoms with van der Waals surface area (Å²) in [5.41, 5.74) is -0.772. The number of halogens is 4. The Morgan fingerprint density at radius 1 is 1.35 bits per heavy atom. The van der Waals surface area contributed by atoms with Crippen molar-refractivity contribution < 1.29 is 17.9 Å². The molecule has 1 aliphatic heterocycles. The molecule has 0 bridgehead atoms. The van der Waals surface area contributed by atoms with Crippen molar-refractivity contribution in [2.75, 3.05) is 31.7 Å². The van der Waals surface area contributed by atoms with E-state index in [1.807, 2.05) is 0 Å². The zero-order chi connectivity index (χ0) is 14.8. The van der Waals surface area contributed by atoms with Crippen LogP contribution in [0, 0.1) is 5.92 Å². The molecule has 0 aromatic carbocycles. The molecule has 1 saturated heterocycles. The number of hydrogen-bond acceptors (Lipinski definition) is 3. The van der Waals surface area contributed by atoms with E-state index >= 15 is 0 Å². The first kappa shape index (κ1) is 15.4. The maximum Gasteiger partial charge on any atom is 0.416 e. The Balaban J connectivity index is 2.12. The van der Waals surface area contributed by atoms with Crippen molar-refractivity contribution in [2.24, 2.45) is 5.92 Å². The summed E-state index contributed by atoms with van der Waals surface area (Å²) < 4.78 is 43.5. The Labute approximate surface area is 120 Å². The molecule has 112 valence electrons. The van der Waals surface area contributed by atoms with E-state index in [2.05, 4.69) is 4.98 Å². The van der Waals surface area contributed by atoms with Crippen LogP contribution in [0.1, 0.15) is 18.4 Å². The van der Waals surface area contributed by atoms with Gasteiger partial charge in [0, 0.05) is 26.8 Å². The fourth-order valence-electron chi connectivity index (χ4n) is 2.25. The number of ether oxygens (including phenoxy) is 1. The van der Waals surface area contributed by atoms with Gasteiger partial charge in [-0.05, 0) is 30.9 Å². The van der Waals surface area contributed by atoms with Crippen LogP contribution in [0.5, 0.6) is 0 Å². The molecule has 0 saturated carbocycles. The largest absolute Gasteiger partial charge is 0.416 e. The van der Waals surface area contributed by atoms with Gasteiger partial charge < -0.3 is 9.64 Å². The average Bonchev–Trinajstić information content (AvgIpc) is 2.38. The van der Waals surface area contributed by atoms with Crippen LogP contribution in [-0.2, 0) is 10.9 Å². The van der Waals surface area contributed by atoms with E-state index < -0.39 is 11.7 Å². The highest BCUT2D eigenvalue weighted by molar-refractivity contribution is 6.29. The molecule has 0 unspecified atom stereocenters. The monoisotopic (exact) mass is 308 g/mol. The molecule has 1 aromatic heterocycles. The Kier molecular flexibility index (Phi) is 4.75. The lowest BCUT2D eigenvalue weighted by Crippen LogP contribution is -2.30. The predicted molar refractivity (Wildman–Crippen MR) is 71.1 cm³/mol. The van der Waals surface area contributed by atoms with Gasteiger partial charge in [0.2, 0.25) is 0 Å². The Bertz CT molecular complexity index is 461. The molecule has 2 rings (SSSR count). The van der Waals surface area contributed by atoms with Gasteiger partial charge in [0.05, 0.1) is 5.56 Å². The van der Waals surface area contributed by atoms with Crippen LogP contribution in [0.15, 0.2) is 12.1 Å². The summed E-state index contributed by atoms with van der Waals surface area (Å²) in [5, 5.41) is -0.145. The van der Waals surface area contributed by atoms with Gasteiger partial charge in [-0.15, -0.1) is 0 Å². The Morgan fingerprint density at radius 2 is 2.00 bits per heavy atom. The molecule has 0 atom stereocenters. The van der Waals surface area contributed by atoms with Crippen molar-refractivity contribution in [1.29, 1.82) is 0 Å². The standard InChI is InChI=1S/C13H16ClF3N2O/c1-19(8-9-2-4-20-5-3-9)12-7-10(13(15,16)17)6-11(14)18-12/h6-7,9H,2-5,8H2,1H3. The van der Waals surface area contributed by atoms with Gasteiger partial charge in [-0.2, -0.15) is 13.2 Å². The zero-order valence-corrected chi connectivity index (χ0v) is 11.8. The zero-order valence-electron chi connectivity index (χ0n) is 11.1. The van der Waals surface area contributed by atoms with Crippen LogP contribution in [-0.4, -0.2) is 31.8 Å². The molecule has 3 nitrogen and oxygen atoms in total. The van der Waals surface area contributed by atoms with Crippen LogP contribution in [0.3, 0.4) is 0 Å². The predicted octanol–water partition coefficient (Wildman–Crippen LogP) is 3.62. The lowest BCUT2D eigenvalue weighted by atomic mass is 10.00. The third kappa shape index (κ3) is 3.99. The SMILES string of the molecule is CN(CC1CCOCC1)c1cc(C(F)(F)F)cc(Cl)n1. The second-order valence-electron chi connectivity index (χ2n) is 4.97. The normalized spacial score (nSPS) is 17.2. The molecule has 0 spiro atoms. The summed E-state index contributed by atoms with van der Waals surface area (Å²) in [5.74, 6) is 0.653. The van der Waals surface area contributed by atoms with Gasteiger partial charge in [-0.1, -0.05) is 11.6 Å². The van der Waals surface area contributed by atoms with Gasteiger partial charge in [0.15, 0.2) is 0 Å². The van der Waals surface area contributed by atoms with E-state index in [0.717, 1.165) is 25.0 Å². The fraction of sp³-hybridized carbons (Fsp3) is 0.615. The van der Waals surface area contributed by atoms with Crippen molar-refractivity contribution in [3.8, 4) is 0 Å². The molecule has 2 heterocycles. The summed E-state index contributed by atoms with van der Waals surface area (Å²) >= 11 is 5.69. The first-order chi connectivity index (χ1) is 9.36. The lowest BCUT2D eigenvalue weighted by Gasteiger charge is -2.28. The second-order valence-corrected chi connectivity index (χ2v) is 5.36. The van der Waals surface area contributed by atoms with Crippen LogP contribution in [0.4, 0.5) is 19.0 Å². The maximum absolute atomic E-state index is 12.7. The summed E-state index contributed by atoms with van der Waals surface area (Å²) in [6.07, 6.45) is -2.59. The number of alkyl halides is 3. The van der Waals surface area contributed by atoms with Crippen molar-refractivity contribution in [1.82, 2.24) is 4.98 Å². The second kappa shape index (κ2) is 6.18. The highest BCUT2D eigenvalue weighted by Crippen LogP contribution is 2.33. The lowest BCUT2D eigenvalue weighted by molar-refractivity contribution is -0.137. The number of rotatable bonds is 3. The molecule has 1 aliphatic rings. The highest BCUT2D eigenvalue weighted by Gasteiger charge is 2.32. The smallest absolute Gasteiger partial charge is 0.381 e. The molecule has 1 fully saturated rings. The van der Waals surface area contributed by atoms with Gasteiger partial charge in [-0.25, -0.2) is 4.98 Å². The quantitative estimate of drug-likeness (QED) is 0.798. The minimum absolute atomic E-state index is 0.145. The molecule has 0 amide bonds. The van der Waals surface area contributed by atoms with E-state index in [4.69, 9.17) is 16.3 Å². The number of nitrogens with zero attached hydrogens (tertiary/aromatic N) is 2. The molecule has 0 radical (unpaired) electrons. The van der Waals surface area contributed by atoms with E-state index in [-0.39, 0.29) is 11.0 Å². The van der Waals surface area contributed by atoms with Crippen molar-refractivity contribution in [2.45, 2.75) is 19.0 Å². The van der Waals surface area contributed by atoms with Crippen LogP contribution >= 0.6 is 11.6 Å². The van der Waals surface area contributed by atoms with E-state index in [1.54, 1.807) is 11.9 Å². The fourth-order valence-corrected chi connectivity index (χ4v) is 2.46. The summed E-state index contributed by atoms with van der Waals surface area (Å²) in [4.78, 5) is 5.69. The van der Waals surface area contributed by atoms with E-state index in [9.17, 15) is 13.2 Å². The molecule has 0 aliphatic carbocycles. The summed E-state index contributed by atoms with van der Waals surface area (Å²) in [7, 11) is 1.73. The minimum Gasteiger partial charge on any atom is -0.381 e. The van der Waals surface area contributed by atoms with Crippen LogP contribution in [0.2, 0.25) is 5.15 Å². The van der Waals surface area contributed by atoms with Crippen LogP contribution < -0.4 is 4.90 Å². The number of hydrogen-bond donors (Lipinski definition) is 0. The molecular weight excluding hydrogens is 293 g/mol. The highest BCUT2D eigenvalue weighted by atomic mass is 35.5. The minimum atomic E-state index is -4.42. The van der Waals surface area contributed by atoms with Crippen LogP contribution in [0.25, 0.3) is 0 Å². The van der Waals surface area contributed by atoms with E-state index in [1.165, 1.54) is 0 Å². The average molecular weight is 309 g/mol. The first-order valence-electron chi connectivity index (χ1n) is 6.40. The molecule has 7 heteroatoms. The summed E-state index contributed by atoms with van der Waals surface area (Å²) in [6, 6.07) is 1.87. The maximum atomic E-state index is 12.7.